The Labute approximate surface area is 93.2 Å². The Morgan fingerprint density at radius 1 is 1.53 bits per heavy atom. The minimum absolute atomic E-state index is 0.333. The molecule has 0 spiro atoms. The van der Waals surface area contributed by atoms with Gasteiger partial charge in [-0.1, -0.05) is 20.8 Å². The maximum atomic E-state index is 11.6. The first-order valence-electron chi connectivity index (χ1n) is 6.18. The number of amides is 1. The standard InChI is InChI=1S/C12H24N2O/c1-4-6-13-11(5-2)9-14-8-10(3)7-12(14)15/h10-11,13H,4-9H2,1-3H3. The highest BCUT2D eigenvalue weighted by molar-refractivity contribution is 5.78. The van der Waals surface area contributed by atoms with E-state index in [1.807, 2.05) is 4.90 Å². The van der Waals surface area contributed by atoms with Gasteiger partial charge in [-0.3, -0.25) is 4.79 Å². The third kappa shape index (κ3) is 3.82. The van der Waals surface area contributed by atoms with E-state index < -0.39 is 0 Å². The summed E-state index contributed by atoms with van der Waals surface area (Å²) in [6, 6.07) is 0.471. The average molecular weight is 212 g/mol. The molecule has 0 aromatic carbocycles. The fraction of sp³-hybridized carbons (Fsp3) is 0.917. The van der Waals surface area contributed by atoms with Crippen molar-refractivity contribution < 1.29 is 4.79 Å². The largest absolute Gasteiger partial charge is 0.341 e. The summed E-state index contributed by atoms with van der Waals surface area (Å²) in [4.78, 5) is 13.6. The molecule has 1 N–H and O–H groups in total. The number of nitrogens with zero attached hydrogens (tertiary/aromatic N) is 1. The van der Waals surface area contributed by atoms with Gasteiger partial charge in [-0.2, -0.15) is 0 Å². The quantitative estimate of drug-likeness (QED) is 0.726. The van der Waals surface area contributed by atoms with Crippen LogP contribution in [-0.2, 0) is 4.79 Å². The van der Waals surface area contributed by atoms with Crippen molar-refractivity contribution in [2.45, 2.75) is 46.1 Å². The molecule has 1 fully saturated rings. The van der Waals surface area contributed by atoms with Gasteiger partial charge in [0.25, 0.3) is 0 Å². The van der Waals surface area contributed by atoms with Gasteiger partial charge in [0.1, 0.15) is 0 Å². The van der Waals surface area contributed by atoms with Crippen LogP contribution < -0.4 is 5.32 Å². The first-order chi connectivity index (χ1) is 7.17. The Balaban J connectivity index is 2.34. The molecule has 0 aromatic rings. The molecule has 0 saturated carbocycles. The normalized spacial score (nSPS) is 23.5. The molecule has 3 heteroatoms. The maximum absolute atomic E-state index is 11.6. The minimum atomic E-state index is 0.333. The highest BCUT2D eigenvalue weighted by atomic mass is 16.2. The Hall–Kier alpha value is -0.570. The molecule has 0 aromatic heterocycles. The van der Waals surface area contributed by atoms with E-state index in [4.69, 9.17) is 0 Å². The number of hydrogen-bond donors (Lipinski definition) is 1. The molecule has 1 aliphatic heterocycles. The summed E-state index contributed by atoms with van der Waals surface area (Å²) in [5.41, 5.74) is 0. The Bertz CT molecular complexity index is 206. The summed E-state index contributed by atoms with van der Waals surface area (Å²) < 4.78 is 0. The predicted octanol–water partition coefficient (Wildman–Crippen LogP) is 1.63. The SMILES string of the molecule is CCCNC(CC)CN1CC(C)CC1=O. The Morgan fingerprint density at radius 3 is 2.73 bits per heavy atom. The predicted molar refractivity (Wildman–Crippen MR) is 62.7 cm³/mol. The Kier molecular flexibility index (Phi) is 5.09. The summed E-state index contributed by atoms with van der Waals surface area (Å²) in [6.07, 6.45) is 2.99. The molecule has 2 unspecified atom stereocenters. The van der Waals surface area contributed by atoms with Crippen LogP contribution in [0.1, 0.15) is 40.0 Å². The van der Waals surface area contributed by atoms with Gasteiger partial charge in [0.15, 0.2) is 0 Å². The molecule has 1 saturated heterocycles. The molecule has 2 atom stereocenters. The topological polar surface area (TPSA) is 32.3 Å². The van der Waals surface area contributed by atoms with Crippen molar-refractivity contribution in [1.29, 1.82) is 0 Å². The van der Waals surface area contributed by atoms with Gasteiger partial charge in [-0.15, -0.1) is 0 Å². The van der Waals surface area contributed by atoms with E-state index in [1.165, 1.54) is 0 Å². The van der Waals surface area contributed by atoms with E-state index in [2.05, 4.69) is 26.1 Å². The lowest BCUT2D eigenvalue weighted by atomic mass is 10.2. The van der Waals surface area contributed by atoms with E-state index >= 15 is 0 Å². The molecule has 15 heavy (non-hydrogen) atoms. The molecule has 1 aliphatic rings. The average Bonchev–Trinajstić information content (AvgIpc) is 2.52. The van der Waals surface area contributed by atoms with Gasteiger partial charge >= 0.3 is 0 Å². The maximum Gasteiger partial charge on any atom is 0.222 e. The minimum Gasteiger partial charge on any atom is -0.341 e. The van der Waals surface area contributed by atoms with E-state index in [-0.39, 0.29) is 0 Å². The second kappa shape index (κ2) is 6.11. The van der Waals surface area contributed by atoms with Crippen LogP contribution >= 0.6 is 0 Å². The first-order valence-corrected chi connectivity index (χ1v) is 6.18. The second-order valence-corrected chi connectivity index (χ2v) is 4.67. The number of hydrogen-bond acceptors (Lipinski definition) is 2. The highest BCUT2D eigenvalue weighted by Gasteiger charge is 2.27. The summed E-state index contributed by atoms with van der Waals surface area (Å²) in [6.45, 7) is 9.39. The van der Waals surface area contributed by atoms with Crippen LogP contribution in [0.5, 0.6) is 0 Å². The van der Waals surface area contributed by atoms with E-state index in [1.54, 1.807) is 0 Å². The smallest absolute Gasteiger partial charge is 0.222 e. The zero-order valence-electron chi connectivity index (χ0n) is 10.3. The van der Waals surface area contributed by atoms with Crippen molar-refractivity contribution in [3.63, 3.8) is 0 Å². The molecule has 1 heterocycles. The van der Waals surface area contributed by atoms with Crippen LogP contribution in [0.15, 0.2) is 0 Å². The summed E-state index contributed by atoms with van der Waals surface area (Å²) >= 11 is 0. The van der Waals surface area contributed by atoms with Gasteiger partial charge in [-0.25, -0.2) is 0 Å². The van der Waals surface area contributed by atoms with Crippen LogP contribution in [0.3, 0.4) is 0 Å². The molecule has 3 nitrogen and oxygen atoms in total. The van der Waals surface area contributed by atoms with Crippen LogP contribution in [0.25, 0.3) is 0 Å². The zero-order chi connectivity index (χ0) is 11.3. The lowest BCUT2D eigenvalue weighted by molar-refractivity contribution is -0.128. The molecule has 88 valence electrons. The van der Waals surface area contributed by atoms with E-state index in [0.29, 0.717) is 17.9 Å². The number of rotatable bonds is 6. The van der Waals surface area contributed by atoms with Crippen LogP contribution in [-0.4, -0.2) is 36.5 Å². The fourth-order valence-electron chi connectivity index (χ4n) is 2.10. The van der Waals surface area contributed by atoms with E-state index in [0.717, 1.165) is 38.9 Å². The van der Waals surface area contributed by atoms with Gasteiger partial charge in [0, 0.05) is 25.6 Å². The molecule has 0 radical (unpaired) electrons. The zero-order valence-corrected chi connectivity index (χ0v) is 10.3. The van der Waals surface area contributed by atoms with E-state index in [9.17, 15) is 4.79 Å². The van der Waals surface area contributed by atoms with Gasteiger partial charge in [-0.05, 0) is 25.3 Å². The molecule has 0 bridgehead atoms. The third-order valence-corrected chi connectivity index (χ3v) is 3.02. The number of carbonyl (C=O) groups excluding carboxylic acids is 1. The monoisotopic (exact) mass is 212 g/mol. The van der Waals surface area contributed by atoms with Crippen molar-refractivity contribution in [2.24, 2.45) is 5.92 Å². The fourth-order valence-corrected chi connectivity index (χ4v) is 2.10. The van der Waals surface area contributed by atoms with Crippen molar-refractivity contribution in [1.82, 2.24) is 10.2 Å². The molecular weight excluding hydrogens is 188 g/mol. The van der Waals surface area contributed by atoms with Gasteiger partial charge < -0.3 is 10.2 Å². The van der Waals surface area contributed by atoms with Gasteiger partial charge in [0.2, 0.25) is 5.91 Å². The molecule has 1 rings (SSSR count). The lowest BCUT2D eigenvalue weighted by Crippen LogP contribution is -2.41. The highest BCUT2D eigenvalue weighted by Crippen LogP contribution is 2.17. The number of likely N-dealkylation sites (tertiary alicyclic amines) is 1. The first kappa shape index (κ1) is 12.5. The van der Waals surface area contributed by atoms with Crippen molar-refractivity contribution in [3.8, 4) is 0 Å². The van der Waals surface area contributed by atoms with Crippen molar-refractivity contribution in [2.75, 3.05) is 19.6 Å². The van der Waals surface area contributed by atoms with Crippen LogP contribution in [0.2, 0.25) is 0 Å². The van der Waals surface area contributed by atoms with Crippen molar-refractivity contribution >= 4 is 5.91 Å². The number of carbonyl (C=O) groups is 1. The summed E-state index contributed by atoms with van der Waals surface area (Å²) in [5, 5.41) is 3.49. The summed E-state index contributed by atoms with van der Waals surface area (Å²) in [7, 11) is 0. The van der Waals surface area contributed by atoms with Crippen LogP contribution in [0, 0.1) is 5.92 Å². The molecule has 1 amide bonds. The Morgan fingerprint density at radius 2 is 2.27 bits per heavy atom. The third-order valence-electron chi connectivity index (χ3n) is 3.02. The van der Waals surface area contributed by atoms with Gasteiger partial charge in [0.05, 0.1) is 0 Å². The molecular formula is C12H24N2O. The summed E-state index contributed by atoms with van der Waals surface area (Å²) in [5.74, 6) is 0.875. The molecule has 0 aliphatic carbocycles. The van der Waals surface area contributed by atoms with Crippen molar-refractivity contribution in [3.05, 3.63) is 0 Å². The van der Waals surface area contributed by atoms with Crippen LogP contribution in [0.4, 0.5) is 0 Å². The second-order valence-electron chi connectivity index (χ2n) is 4.67. The number of nitrogens with one attached hydrogen (secondary N) is 1. The lowest BCUT2D eigenvalue weighted by Gasteiger charge is -2.24.